The Kier molecular flexibility index (Phi) is 5.36. The van der Waals surface area contributed by atoms with E-state index in [2.05, 4.69) is 27.6 Å². The number of nitriles is 1. The Labute approximate surface area is 165 Å². The third kappa shape index (κ3) is 4.41. The highest BCUT2D eigenvalue weighted by atomic mass is 19.4. The van der Waals surface area contributed by atoms with Crippen LogP contribution in [0.2, 0.25) is 0 Å². The molecule has 1 aromatic heterocycles. The molecule has 29 heavy (non-hydrogen) atoms. The van der Waals surface area contributed by atoms with Crippen LogP contribution in [0.4, 0.5) is 18.9 Å². The molecule has 9 heteroatoms. The number of nitrogens with zero attached hydrogens (tertiary/aromatic N) is 3. The number of carbonyl (C=O) groups excluding carboxylic acids is 1. The number of benzene rings is 1. The van der Waals surface area contributed by atoms with Gasteiger partial charge in [-0.15, -0.1) is 0 Å². The van der Waals surface area contributed by atoms with Gasteiger partial charge in [-0.25, -0.2) is 0 Å². The second-order valence-electron chi connectivity index (χ2n) is 7.18. The van der Waals surface area contributed by atoms with Crippen LogP contribution in [0.5, 0.6) is 0 Å². The summed E-state index contributed by atoms with van der Waals surface area (Å²) in [4.78, 5) is 12.7. The molecule has 1 aliphatic heterocycles. The van der Waals surface area contributed by atoms with Gasteiger partial charge in [-0.3, -0.25) is 9.48 Å². The van der Waals surface area contributed by atoms with E-state index < -0.39 is 28.7 Å². The van der Waals surface area contributed by atoms with Gasteiger partial charge in [-0.1, -0.05) is 11.8 Å². The first-order valence-corrected chi connectivity index (χ1v) is 8.81. The first kappa shape index (κ1) is 20.4. The van der Waals surface area contributed by atoms with Crippen molar-refractivity contribution in [3.05, 3.63) is 47.3 Å². The van der Waals surface area contributed by atoms with Crippen LogP contribution in [0.15, 0.2) is 30.6 Å². The van der Waals surface area contributed by atoms with E-state index in [-0.39, 0.29) is 5.69 Å². The molecule has 0 bridgehead atoms. The van der Waals surface area contributed by atoms with Gasteiger partial charge in [0.15, 0.2) is 0 Å². The van der Waals surface area contributed by atoms with Crippen molar-refractivity contribution in [1.29, 1.82) is 5.26 Å². The van der Waals surface area contributed by atoms with E-state index in [0.29, 0.717) is 11.5 Å². The number of halogens is 3. The van der Waals surface area contributed by atoms with Gasteiger partial charge in [0.05, 0.1) is 29.0 Å². The summed E-state index contributed by atoms with van der Waals surface area (Å²) in [5, 5.41) is 18.6. The number of alkyl halides is 3. The summed E-state index contributed by atoms with van der Waals surface area (Å²) in [5.74, 6) is 5.85. The second kappa shape index (κ2) is 7.61. The third-order valence-electron chi connectivity index (χ3n) is 4.62. The Morgan fingerprint density at radius 3 is 2.66 bits per heavy atom. The first-order chi connectivity index (χ1) is 13.6. The molecule has 0 saturated carbocycles. The maximum absolute atomic E-state index is 13.1. The van der Waals surface area contributed by atoms with Crippen molar-refractivity contribution in [3.63, 3.8) is 0 Å². The summed E-state index contributed by atoms with van der Waals surface area (Å²) in [6.07, 6.45) is -1.54. The molecule has 1 fully saturated rings. The van der Waals surface area contributed by atoms with Gasteiger partial charge in [0.2, 0.25) is 0 Å². The lowest BCUT2D eigenvalue weighted by atomic mass is 10.0. The van der Waals surface area contributed by atoms with Crippen molar-refractivity contribution < 1.29 is 18.0 Å². The molecule has 1 aliphatic rings. The van der Waals surface area contributed by atoms with Crippen LogP contribution in [0.25, 0.3) is 0 Å². The Balaban J connectivity index is 1.78. The molecule has 1 aromatic carbocycles. The monoisotopic (exact) mass is 401 g/mol. The van der Waals surface area contributed by atoms with Crippen LogP contribution in [-0.2, 0) is 16.5 Å². The van der Waals surface area contributed by atoms with Gasteiger partial charge in [0.1, 0.15) is 5.54 Å². The fourth-order valence-corrected chi connectivity index (χ4v) is 2.61. The SMILES string of the molecule is CC(C)(C(=O)Nc1ccc(C#N)c(C(F)(F)F)c1)n1cc(C#CC2CNC2)cn1. The van der Waals surface area contributed by atoms with Crippen LogP contribution in [0.3, 0.4) is 0 Å². The number of carbonyl (C=O) groups is 1. The molecule has 0 aliphatic carbocycles. The maximum Gasteiger partial charge on any atom is 0.417 e. The van der Waals surface area contributed by atoms with E-state index in [1.54, 1.807) is 20.0 Å². The van der Waals surface area contributed by atoms with Gasteiger partial charge in [-0.2, -0.15) is 23.5 Å². The van der Waals surface area contributed by atoms with E-state index in [0.717, 1.165) is 25.2 Å². The van der Waals surface area contributed by atoms with E-state index in [9.17, 15) is 18.0 Å². The second-order valence-corrected chi connectivity index (χ2v) is 7.18. The zero-order chi connectivity index (χ0) is 21.2. The van der Waals surface area contributed by atoms with Crippen LogP contribution in [0, 0.1) is 29.1 Å². The number of amides is 1. The molecule has 0 atom stereocenters. The van der Waals surface area contributed by atoms with Crippen LogP contribution in [-0.4, -0.2) is 28.8 Å². The van der Waals surface area contributed by atoms with Crippen LogP contribution < -0.4 is 10.6 Å². The lowest BCUT2D eigenvalue weighted by Gasteiger charge is -2.24. The zero-order valence-electron chi connectivity index (χ0n) is 15.8. The highest BCUT2D eigenvalue weighted by molar-refractivity contribution is 5.96. The zero-order valence-corrected chi connectivity index (χ0v) is 15.8. The number of hydrogen-bond donors (Lipinski definition) is 2. The van der Waals surface area contributed by atoms with Gasteiger partial charge in [0, 0.05) is 30.9 Å². The molecule has 1 saturated heterocycles. The van der Waals surface area contributed by atoms with Crippen LogP contribution in [0.1, 0.15) is 30.5 Å². The topological polar surface area (TPSA) is 82.7 Å². The minimum Gasteiger partial charge on any atom is -0.324 e. The largest absolute Gasteiger partial charge is 0.417 e. The number of anilines is 1. The molecule has 0 unspecified atom stereocenters. The Morgan fingerprint density at radius 2 is 2.07 bits per heavy atom. The molecule has 3 rings (SSSR count). The molecule has 2 aromatic rings. The fourth-order valence-electron chi connectivity index (χ4n) is 2.61. The summed E-state index contributed by atoms with van der Waals surface area (Å²) in [5.41, 5.74) is -2.19. The summed E-state index contributed by atoms with van der Waals surface area (Å²) in [6, 6.07) is 4.54. The van der Waals surface area contributed by atoms with E-state index in [1.807, 2.05) is 0 Å². The average Bonchev–Trinajstić information content (AvgIpc) is 3.09. The number of aromatic nitrogens is 2. The molecule has 0 spiro atoms. The smallest absolute Gasteiger partial charge is 0.324 e. The van der Waals surface area contributed by atoms with Crippen molar-refractivity contribution in [2.24, 2.45) is 5.92 Å². The minimum absolute atomic E-state index is 0.0564. The average molecular weight is 401 g/mol. The molecule has 1 amide bonds. The normalized spacial score (nSPS) is 14.3. The third-order valence-corrected chi connectivity index (χ3v) is 4.62. The summed E-state index contributed by atoms with van der Waals surface area (Å²) in [7, 11) is 0. The first-order valence-electron chi connectivity index (χ1n) is 8.81. The lowest BCUT2D eigenvalue weighted by molar-refractivity contribution is -0.137. The van der Waals surface area contributed by atoms with Gasteiger partial charge >= 0.3 is 6.18 Å². The molecule has 0 radical (unpaired) electrons. The van der Waals surface area contributed by atoms with E-state index >= 15 is 0 Å². The van der Waals surface area contributed by atoms with Crippen molar-refractivity contribution in [2.45, 2.75) is 25.6 Å². The molecule has 2 N–H and O–H groups in total. The fraction of sp³-hybridized carbons (Fsp3) is 0.350. The summed E-state index contributed by atoms with van der Waals surface area (Å²) >= 11 is 0. The van der Waals surface area contributed by atoms with Crippen molar-refractivity contribution >= 4 is 11.6 Å². The standard InChI is InChI=1S/C20H18F3N5O/c1-19(2,28-12-14(11-26-28)4-3-13-9-25-10-13)18(29)27-16-6-5-15(8-24)17(7-16)20(21,22)23/h5-7,11-13,25H,9-10H2,1-2H3,(H,27,29). The summed E-state index contributed by atoms with van der Waals surface area (Å²) in [6.45, 7) is 4.88. The van der Waals surface area contributed by atoms with Crippen LogP contribution >= 0.6 is 0 Å². The highest BCUT2D eigenvalue weighted by Crippen LogP contribution is 2.33. The predicted molar refractivity (Wildman–Crippen MR) is 99.6 cm³/mol. The van der Waals surface area contributed by atoms with Crippen molar-refractivity contribution in [3.8, 4) is 17.9 Å². The van der Waals surface area contributed by atoms with Gasteiger partial charge in [0.25, 0.3) is 5.91 Å². The Morgan fingerprint density at radius 1 is 1.34 bits per heavy atom. The van der Waals surface area contributed by atoms with Crippen molar-refractivity contribution in [2.75, 3.05) is 18.4 Å². The van der Waals surface area contributed by atoms with Gasteiger partial charge < -0.3 is 10.6 Å². The van der Waals surface area contributed by atoms with Gasteiger partial charge in [-0.05, 0) is 32.0 Å². The lowest BCUT2D eigenvalue weighted by Crippen LogP contribution is -2.41. The van der Waals surface area contributed by atoms with E-state index in [1.165, 1.54) is 23.0 Å². The quantitative estimate of drug-likeness (QED) is 0.775. The minimum atomic E-state index is -4.70. The summed E-state index contributed by atoms with van der Waals surface area (Å²) < 4.78 is 40.8. The molecule has 150 valence electrons. The number of nitrogens with one attached hydrogen (secondary N) is 2. The maximum atomic E-state index is 13.1. The van der Waals surface area contributed by atoms with E-state index in [4.69, 9.17) is 5.26 Å². The molecular weight excluding hydrogens is 383 g/mol. The Hall–Kier alpha value is -3.30. The molecule has 6 nitrogen and oxygen atoms in total. The Bertz CT molecular complexity index is 1030. The highest BCUT2D eigenvalue weighted by Gasteiger charge is 2.35. The predicted octanol–water partition coefficient (Wildman–Crippen LogP) is 2.72. The number of hydrogen-bond acceptors (Lipinski definition) is 4. The van der Waals surface area contributed by atoms with Crippen molar-refractivity contribution in [1.82, 2.24) is 15.1 Å². The molecular formula is C20H18F3N5O. The number of rotatable bonds is 3. The molecule has 2 heterocycles.